The highest BCUT2D eigenvalue weighted by Crippen LogP contribution is 2.35. The van der Waals surface area contributed by atoms with E-state index in [1.54, 1.807) is 36.4 Å². The normalized spacial score (nSPS) is 12.0. The summed E-state index contributed by atoms with van der Waals surface area (Å²) in [6.45, 7) is 5.43. The van der Waals surface area contributed by atoms with E-state index in [9.17, 15) is 18.0 Å². The van der Waals surface area contributed by atoms with Crippen LogP contribution in [-0.2, 0) is 32.6 Å². The zero-order valence-electron chi connectivity index (χ0n) is 27.1. The van der Waals surface area contributed by atoms with Gasteiger partial charge in [0.05, 0.1) is 27.7 Å². The first-order valence-electron chi connectivity index (χ1n) is 15.3. The highest BCUT2D eigenvalue weighted by Gasteiger charge is 2.35. The molecular weight excluding hydrogens is 693 g/mol. The van der Waals surface area contributed by atoms with Gasteiger partial charge in [0.15, 0.2) is 0 Å². The van der Waals surface area contributed by atoms with Crippen LogP contribution in [0.4, 0.5) is 5.69 Å². The molecule has 1 N–H and O–H groups in total. The smallest absolute Gasteiger partial charge is 0.264 e. The molecule has 2 amide bonds. The number of amides is 2. The average molecular weight is 731 g/mol. The predicted octanol–water partition coefficient (Wildman–Crippen LogP) is 7.57. The number of ether oxygens (including phenoxy) is 1. The second-order valence-electron chi connectivity index (χ2n) is 11.8. The lowest BCUT2D eigenvalue weighted by atomic mass is 10.0. The van der Waals surface area contributed by atoms with Crippen LogP contribution in [0.5, 0.6) is 5.75 Å². The van der Waals surface area contributed by atoms with Crippen LogP contribution in [0.1, 0.15) is 30.5 Å². The van der Waals surface area contributed by atoms with Gasteiger partial charge in [0.1, 0.15) is 18.3 Å². The van der Waals surface area contributed by atoms with Gasteiger partial charge in [-0.25, -0.2) is 8.42 Å². The van der Waals surface area contributed by atoms with Crippen molar-refractivity contribution in [3.8, 4) is 5.75 Å². The lowest BCUT2D eigenvalue weighted by molar-refractivity contribution is -0.140. The SMILES string of the molecule is COc1ccc(Cl)cc1N(CC(=O)N(Cc1ccc(Cl)c(Cl)c1)[C@@H](Cc1ccccc1)C(=O)NCC(C)C)S(=O)(=O)c1ccc(C)cc1. The van der Waals surface area contributed by atoms with E-state index in [1.165, 1.54) is 36.3 Å². The Morgan fingerprint density at radius 3 is 2.17 bits per heavy atom. The molecule has 0 saturated carbocycles. The van der Waals surface area contributed by atoms with Gasteiger partial charge < -0.3 is 15.0 Å². The Labute approximate surface area is 297 Å². The van der Waals surface area contributed by atoms with E-state index < -0.39 is 28.5 Å². The summed E-state index contributed by atoms with van der Waals surface area (Å²) in [6.07, 6.45) is 0.170. The molecule has 254 valence electrons. The third-order valence-electron chi connectivity index (χ3n) is 7.59. The van der Waals surface area contributed by atoms with Crippen LogP contribution in [0.2, 0.25) is 15.1 Å². The van der Waals surface area contributed by atoms with Crippen LogP contribution in [0.15, 0.2) is 95.9 Å². The number of hydrogen-bond acceptors (Lipinski definition) is 5. The Morgan fingerprint density at radius 2 is 1.54 bits per heavy atom. The van der Waals surface area contributed by atoms with E-state index in [-0.39, 0.29) is 51.2 Å². The van der Waals surface area contributed by atoms with Gasteiger partial charge in [-0.2, -0.15) is 0 Å². The molecule has 0 aliphatic carbocycles. The zero-order valence-corrected chi connectivity index (χ0v) is 30.2. The first-order valence-corrected chi connectivity index (χ1v) is 17.9. The van der Waals surface area contributed by atoms with Gasteiger partial charge in [0.2, 0.25) is 11.8 Å². The van der Waals surface area contributed by atoms with Crippen LogP contribution in [-0.4, -0.2) is 51.4 Å². The minimum atomic E-state index is -4.35. The second-order valence-corrected chi connectivity index (χ2v) is 14.9. The molecule has 1 atom stereocenters. The topological polar surface area (TPSA) is 96.0 Å². The van der Waals surface area contributed by atoms with Gasteiger partial charge >= 0.3 is 0 Å². The quantitative estimate of drug-likeness (QED) is 0.144. The summed E-state index contributed by atoms with van der Waals surface area (Å²) >= 11 is 18.9. The Morgan fingerprint density at radius 1 is 0.854 bits per heavy atom. The summed E-state index contributed by atoms with van der Waals surface area (Å²) < 4.78 is 35.2. The fraction of sp³-hybridized carbons (Fsp3) is 0.278. The number of sulfonamides is 1. The van der Waals surface area contributed by atoms with Crippen molar-refractivity contribution in [1.29, 1.82) is 0 Å². The number of aryl methyl sites for hydroxylation is 1. The first kappa shape index (κ1) is 37.1. The largest absolute Gasteiger partial charge is 0.495 e. The van der Waals surface area contributed by atoms with Gasteiger partial charge in [0, 0.05) is 24.5 Å². The number of carbonyl (C=O) groups excluding carboxylic acids is 2. The predicted molar refractivity (Wildman–Crippen MR) is 193 cm³/mol. The standard InChI is InChI=1S/C36H38Cl3N3O5S/c1-24(2)21-40-36(44)33(19-26-8-6-5-7-9-26)41(22-27-12-16-30(38)31(39)18-27)35(43)23-42(32-20-28(37)13-17-34(32)47-4)48(45,46)29-14-10-25(3)11-15-29/h5-18,20,24,33H,19,21-23H2,1-4H3,(H,40,44)/t33-/m0/s1. The molecule has 4 aromatic rings. The molecule has 0 radical (unpaired) electrons. The number of nitrogens with zero attached hydrogens (tertiary/aromatic N) is 2. The molecule has 12 heteroatoms. The lowest BCUT2D eigenvalue weighted by Crippen LogP contribution is -2.53. The van der Waals surface area contributed by atoms with Crippen molar-refractivity contribution in [2.75, 3.05) is 24.5 Å². The van der Waals surface area contributed by atoms with E-state index >= 15 is 0 Å². The fourth-order valence-corrected chi connectivity index (χ4v) is 6.92. The molecule has 0 aliphatic heterocycles. The van der Waals surface area contributed by atoms with E-state index in [0.29, 0.717) is 17.1 Å². The Hall–Kier alpha value is -3.76. The van der Waals surface area contributed by atoms with Crippen molar-refractivity contribution in [3.05, 3.63) is 123 Å². The van der Waals surface area contributed by atoms with Crippen molar-refractivity contribution in [2.45, 2.75) is 44.7 Å². The van der Waals surface area contributed by atoms with Gasteiger partial charge in [-0.05, 0) is 66.4 Å². The molecule has 0 heterocycles. The molecule has 4 rings (SSSR count). The molecule has 0 aromatic heterocycles. The fourth-order valence-electron chi connectivity index (χ4n) is 5.02. The minimum Gasteiger partial charge on any atom is -0.495 e. The molecule has 8 nitrogen and oxygen atoms in total. The number of rotatable bonds is 14. The van der Waals surface area contributed by atoms with E-state index in [0.717, 1.165) is 15.4 Å². The van der Waals surface area contributed by atoms with Crippen molar-refractivity contribution in [2.24, 2.45) is 5.92 Å². The van der Waals surface area contributed by atoms with Crippen molar-refractivity contribution < 1.29 is 22.7 Å². The first-order chi connectivity index (χ1) is 22.8. The maximum Gasteiger partial charge on any atom is 0.264 e. The molecule has 0 saturated heterocycles. The van der Waals surface area contributed by atoms with Crippen LogP contribution in [0, 0.1) is 12.8 Å². The van der Waals surface area contributed by atoms with Crippen LogP contribution < -0.4 is 14.4 Å². The van der Waals surface area contributed by atoms with Crippen LogP contribution in [0.25, 0.3) is 0 Å². The van der Waals surface area contributed by atoms with E-state index in [1.807, 2.05) is 51.1 Å². The number of hydrogen-bond donors (Lipinski definition) is 1. The average Bonchev–Trinajstić information content (AvgIpc) is 3.06. The summed E-state index contributed by atoms with van der Waals surface area (Å²) in [5, 5.41) is 3.81. The summed E-state index contributed by atoms with van der Waals surface area (Å²) in [5.74, 6) is -0.681. The summed E-state index contributed by atoms with van der Waals surface area (Å²) in [5.41, 5.74) is 2.34. The van der Waals surface area contributed by atoms with Crippen LogP contribution in [0.3, 0.4) is 0 Å². The molecule has 0 aliphatic rings. The maximum absolute atomic E-state index is 14.7. The molecule has 48 heavy (non-hydrogen) atoms. The third kappa shape index (κ3) is 9.44. The molecule has 0 bridgehead atoms. The van der Waals surface area contributed by atoms with E-state index in [2.05, 4.69) is 5.32 Å². The lowest BCUT2D eigenvalue weighted by Gasteiger charge is -2.34. The Bertz CT molecular complexity index is 1840. The number of carbonyl (C=O) groups is 2. The Kier molecular flexibility index (Phi) is 12.8. The van der Waals surface area contributed by atoms with Crippen molar-refractivity contribution >= 4 is 62.3 Å². The molecular formula is C36H38Cl3N3O5S. The summed E-state index contributed by atoms with van der Waals surface area (Å²) in [7, 11) is -2.95. The summed E-state index contributed by atoms with van der Waals surface area (Å²) in [6, 6.07) is 24.1. The number of anilines is 1. The third-order valence-corrected chi connectivity index (χ3v) is 10.3. The van der Waals surface area contributed by atoms with Gasteiger partial charge in [0.25, 0.3) is 10.0 Å². The minimum absolute atomic E-state index is 0.0329. The number of methoxy groups -OCH3 is 1. The number of nitrogens with one attached hydrogen (secondary N) is 1. The highest BCUT2D eigenvalue weighted by molar-refractivity contribution is 7.92. The van der Waals surface area contributed by atoms with E-state index in [4.69, 9.17) is 39.5 Å². The monoisotopic (exact) mass is 729 g/mol. The zero-order chi connectivity index (χ0) is 35.0. The molecule has 4 aromatic carbocycles. The van der Waals surface area contributed by atoms with Gasteiger partial charge in [-0.3, -0.25) is 13.9 Å². The highest BCUT2D eigenvalue weighted by atomic mass is 35.5. The Balaban J connectivity index is 1.86. The van der Waals surface area contributed by atoms with Crippen molar-refractivity contribution in [1.82, 2.24) is 10.2 Å². The molecule has 0 spiro atoms. The number of benzene rings is 4. The maximum atomic E-state index is 14.7. The van der Waals surface area contributed by atoms with Gasteiger partial charge in [-0.1, -0.05) is 103 Å². The van der Waals surface area contributed by atoms with Crippen molar-refractivity contribution in [3.63, 3.8) is 0 Å². The second kappa shape index (κ2) is 16.6. The van der Waals surface area contributed by atoms with Crippen LogP contribution >= 0.6 is 34.8 Å². The van der Waals surface area contributed by atoms with Gasteiger partial charge in [-0.15, -0.1) is 0 Å². The molecule has 0 unspecified atom stereocenters. The summed E-state index contributed by atoms with van der Waals surface area (Å²) in [4.78, 5) is 30.0. The molecule has 0 fully saturated rings. The number of halogens is 3.